The Morgan fingerprint density at radius 1 is 0.875 bits per heavy atom. The third kappa shape index (κ3) is 6.37. The first-order valence-corrected chi connectivity index (χ1v) is 14.2. The van der Waals surface area contributed by atoms with Gasteiger partial charge in [0.2, 0.25) is 5.91 Å². The third-order valence-corrected chi connectivity index (χ3v) is 7.84. The van der Waals surface area contributed by atoms with Crippen LogP contribution in [0.15, 0.2) is 103 Å². The van der Waals surface area contributed by atoms with Gasteiger partial charge in [0.15, 0.2) is 0 Å². The lowest BCUT2D eigenvalue weighted by molar-refractivity contribution is -0.123. The molecule has 1 aliphatic heterocycles. The topological polar surface area (TPSA) is 61.4 Å². The number of halogens is 1. The van der Waals surface area contributed by atoms with Crippen molar-refractivity contribution in [3.05, 3.63) is 119 Å². The summed E-state index contributed by atoms with van der Waals surface area (Å²) in [5.41, 5.74) is 5.27. The summed E-state index contributed by atoms with van der Waals surface area (Å²) >= 11 is 6.19. The molecular formula is C34H34ClN3O2. The summed E-state index contributed by atoms with van der Waals surface area (Å²) in [5.74, 6) is 0.115. The number of amides is 2. The minimum Gasteiger partial charge on any atom is -0.372 e. The van der Waals surface area contributed by atoms with E-state index < -0.39 is 0 Å². The number of nitrogens with one attached hydrogen (secondary N) is 2. The normalized spacial score (nSPS) is 14.4. The second-order valence-corrected chi connectivity index (χ2v) is 10.6. The number of rotatable bonds is 8. The van der Waals surface area contributed by atoms with Gasteiger partial charge in [0.05, 0.1) is 5.92 Å². The number of hydrogen-bond donors (Lipinski definition) is 2. The van der Waals surface area contributed by atoms with Gasteiger partial charge in [-0.3, -0.25) is 9.59 Å². The number of likely N-dealkylation sites (N-methyl/N-ethyl adjacent to an activating group) is 1. The minimum atomic E-state index is -0.165. The van der Waals surface area contributed by atoms with Crippen molar-refractivity contribution in [2.24, 2.45) is 5.92 Å². The molecule has 4 aromatic carbocycles. The fourth-order valence-corrected chi connectivity index (χ4v) is 5.81. The second kappa shape index (κ2) is 12.8. The maximum absolute atomic E-state index is 13.2. The molecule has 0 radical (unpaired) electrons. The predicted octanol–water partition coefficient (Wildman–Crippen LogP) is 7.40. The summed E-state index contributed by atoms with van der Waals surface area (Å²) in [4.78, 5) is 28.5. The number of benzene rings is 4. The lowest BCUT2D eigenvalue weighted by Gasteiger charge is -2.37. The summed E-state index contributed by atoms with van der Waals surface area (Å²) < 4.78 is 0. The number of carbonyl (C=O) groups is 2. The second-order valence-electron chi connectivity index (χ2n) is 10.2. The summed E-state index contributed by atoms with van der Waals surface area (Å²) in [7, 11) is 0. The molecule has 1 saturated heterocycles. The molecule has 6 heteroatoms. The van der Waals surface area contributed by atoms with Crippen molar-refractivity contribution in [3.8, 4) is 11.1 Å². The summed E-state index contributed by atoms with van der Waals surface area (Å²) in [6, 6.07) is 33.2. The predicted molar refractivity (Wildman–Crippen MR) is 164 cm³/mol. The molecule has 0 bridgehead atoms. The largest absolute Gasteiger partial charge is 0.372 e. The summed E-state index contributed by atoms with van der Waals surface area (Å²) in [5, 5.41) is 6.71. The highest BCUT2D eigenvalue weighted by Crippen LogP contribution is 2.35. The van der Waals surface area contributed by atoms with Crippen LogP contribution in [0.5, 0.6) is 0 Å². The fourth-order valence-electron chi connectivity index (χ4n) is 5.62. The zero-order valence-corrected chi connectivity index (χ0v) is 23.4. The number of piperidine rings is 1. The van der Waals surface area contributed by atoms with E-state index in [2.05, 4.69) is 39.8 Å². The molecule has 0 saturated carbocycles. The van der Waals surface area contributed by atoms with Crippen molar-refractivity contribution in [1.82, 2.24) is 5.32 Å². The van der Waals surface area contributed by atoms with Crippen molar-refractivity contribution >= 4 is 34.8 Å². The maximum atomic E-state index is 13.2. The van der Waals surface area contributed by atoms with Crippen LogP contribution < -0.4 is 15.5 Å². The molecule has 2 N–H and O–H groups in total. The van der Waals surface area contributed by atoms with Crippen molar-refractivity contribution in [2.75, 3.05) is 29.9 Å². The Morgan fingerprint density at radius 3 is 2.27 bits per heavy atom. The van der Waals surface area contributed by atoms with E-state index in [1.54, 1.807) is 0 Å². The Labute approximate surface area is 241 Å². The number of carbonyl (C=O) groups excluding carboxylic acids is 2. The van der Waals surface area contributed by atoms with Crippen LogP contribution in [0.2, 0.25) is 5.02 Å². The Balaban J connectivity index is 1.23. The molecule has 1 fully saturated rings. The minimum absolute atomic E-state index is 0.115. The summed E-state index contributed by atoms with van der Waals surface area (Å²) in [6.45, 7) is 4.36. The maximum Gasteiger partial charge on any atom is 0.256 e. The van der Waals surface area contributed by atoms with Crippen LogP contribution in [0, 0.1) is 5.92 Å². The van der Waals surface area contributed by atoms with Gasteiger partial charge < -0.3 is 15.5 Å². The third-order valence-electron chi connectivity index (χ3n) is 7.60. The highest BCUT2D eigenvalue weighted by molar-refractivity contribution is 6.30. The Morgan fingerprint density at radius 2 is 1.57 bits per heavy atom. The molecule has 1 heterocycles. The van der Waals surface area contributed by atoms with Gasteiger partial charge in [0.1, 0.15) is 0 Å². The molecule has 1 atom stereocenters. The molecule has 204 valence electrons. The molecule has 1 aliphatic rings. The Hall–Kier alpha value is -4.09. The molecule has 2 amide bonds. The quantitative estimate of drug-likeness (QED) is 0.240. The first-order chi connectivity index (χ1) is 19.5. The molecule has 4 aromatic rings. The average molecular weight is 552 g/mol. The number of hydrogen-bond acceptors (Lipinski definition) is 3. The highest BCUT2D eigenvalue weighted by Gasteiger charge is 2.32. The highest BCUT2D eigenvalue weighted by atomic mass is 35.5. The zero-order valence-electron chi connectivity index (χ0n) is 22.6. The molecular weight excluding hydrogens is 518 g/mol. The van der Waals surface area contributed by atoms with E-state index in [0.29, 0.717) is 23.0 Å². The number of nitrogens with zero attached hydrogens (tertiary/aromatic N) is 1. The Kier molecular flexibility index (Phi) is 8.82. The van der Waals surface area contributed by atoms with Gasteiger partial charge >= 0.3 is 0 Å². The molecule has 0 spiro atoms. The molecule has 5 nitrogen and oxygen atoms in total. The van der Waals surface area contributed by atoms with Crippen LogP contribution in [-0.4, -0.2) is 31.4 Å². The summed E-state index contributed by atoms with van der Waals surface area (Å²) in [6.07, 6.45) is 1.88. The average Bonchev–Trinajstić information content (AvgIpc) is 2.99. The van der Waals surface area contributed by atoms with Gasteiger partial charge in [-0.05, 0) is 84.8 Å². The van der Waals surface area contributed by atoms with Gasteiger partial charge in [-0.25, -0.2) is 0 Å². The SMILES string of the molecule is CCNC(=O)C(c1ccccc1)C1CCN(c2ccc(NC(=O)c3ccccc3-c3cccc(Cl)c3)cc2)CC1. The van der Waals surface area contributed by atoms with Gasteiger partial charge in [-0.1, -0.05) is 72.3 Å². The van der Waals surface area contributed by atoms with Crippen LogP contribution >= 0.6 is 11.6 Å². The lowest BCUT2D eigenvalue weighted by Crippen LogP contribution is -2.40. The fraction of sp³-hybridized carbons (Fsp3) is 0.235. The van der Waals surface area contributed by atoms with E-state index >= 15 is 0 Å². The van der Waals surface area contributed by atoms with E-state index in [4.69, 9.17) is 11.6 Å². The van der Waals surface area contributed by atoms with E-state index in [1.807, 2.05) is 85.8 Å². The van der Waals surface area contributed by atoms with Crippen LogP contribution in [0.1, 0.15) is 41.6 Å². The molecule has 0 aromatic heterocycles. The van der Waals surface area contributed by atoms with Crippen LogP contribution in [0.4, 0.5) is 11.4 Å². The van der Waals surface area contributed by atoms with Gasteiger partial charge in [0.25, 0.3) is 5.91 Å². The van der Waals surface area contributed by atoms with Gasteiger partial charge in [-0.2, -0.15) is 0 Å². The van der Waals surface area contributed by atoms with Crippen molar-refractivity contribution in [1.29, 1.82) is 0 Å². The monoisotopic (exact) mass is 551 g/mol. The van der Waals surface area contributed by atoms with E-state index in [0.717, 1.165) is 54.0 Å². The van der Waals surface area contributed by atoms with Crippen molar-refractivity contribution < 1.29 is 9.59 Å². The van der Waals surface area contributed by atoms with E-state index in [-0.39, 0.29) is 17.7 Å². The Bertz CT molecular complexity index is 1450. The molecule has 5 rings (SSSR count). The standard InChI is InChI=1S/C34H34ClN3O2/c1-2-36-34(40)32(24-9-4-3-5-10-24)25-19-21-38(22-20-25)29-17-15-28(16-18-29)37-33(39)31-14-7-6-13-30(31)26-11-8-12-27(35)23-26/h3-18,23,25,32H,2,19-22H2,1H3,(H,36,40)(H,37,39). The van der Waals surface area contributed by atoms with Gasteiger partial charge in [-0.15, -0.1) is 0 Å². The van der Waals surface area contributed by atoms with Crippen molar-refractivity contribution in [2.45, 2.75) is 25.7 Å². The van der Waals surface area contributed by atoms with Crippen LogP contribution in [-0.2, 0) is 4.79 Å². The molecule has 0 aliphatic carbocycles. The lowest BCUT2D eigenvalue weighted by atomic mass is 9.79. The first kappa shape index (κ1) is 27.5. The number of anilines is 2. The smallest absolute Gasteiger partial charge is 0.256 e. The van der Waals surface area contributed by atoms with E-state index in [1.165, 1.54) is 0 Å². The van der Waals surface area contributed by atoms with Crippen LogP contribution in [0.3, 0.4) is 0 Å². The van der Waals surface area contributed by atoms with E-state index in [9.17, 15) is 9.59 Å². The van der Waals surface area contributed by atoms with Crippen LogP contribution in [0.25, 0.3) is 11.1 Å². The van der Waals surface area contributed by atoms with Crippen molar-refractivity contribution in [3.63, 3.8) is 0 Å². The zero-order chi connectivity index (χ0) is 27.9. The first-order valence-electron chi connectivity index (χ1n) is 13.9. The molecule has 40 heavy (non-hydrogen) atoms. The van der Waals surface area contributed by atoms with Gasteiger partial charge in [0, 0.05) is 41.6 Å². The molecule has 1 unspecified atom stereocenters.